The van der Waals surface area contributed by atoms with E-state index in [9.17, 15) is 0 Å². The number of ether oxygens (including phenoxy) is 1. The van der Waals surface area contributed by atoms with Crippen molar-refractivity contribution >= 4 is 27.5 Å². The number of aryl methyl sites for hydroxylation is 1. The molecule has 0 heterocycles. The van der Waals surface area contributed by atoms with Crippen molar-refractivity contribution in [2.24, 2.45) is 0 Å². The molecule has 0 fully saturated rings. The van der Waals surface area contributed by atoms with Gasteiger partial charge in [0.15, 0.2) is 0 Å². The Morgan fingerprint density at radius 2 is 1.95 bits per heavy atom. The lowest BCUT2D eigenvalue weighted by Gasteiger charge is -2.13. The monoisotopic (exact) mass is 353 g/mol. The van der Waals surface area contributed by atoms with E-state index in [2.05, 4.69) is 41.2 Å². The van der Waals surface area contributed by atoms with Crippen molar-refractivity contribution in [1.82, 2.24) is 5.32 Å². The van der Waals surface area contributed by atoms with Crippen molar-refractivity contribution in [1.29, 1.82) is 0 Å². The SMILES string of the molecule is CCNCc1cc(C)ccc1Oc1cc(Br)ccc1Cl. The van der Waals surface area contributed by atoms with Crippen LogP contribution in [0.1, 0.15) is 18.1 Å². The molecule has 0 atom stereocenters. The number of hydrogen-bond donors (Lipinski definition) is 1. The highest BCUT2D eigenvalue weighted by atomic mass is 79.9. The molecule has 20 heavy (non-hydrogen) atoms. The van der Waals surface area contributed by atoms with Gasteiger partial charge < -0.3 is 10.1 Å². The molecule has 0 aliphatic rings. The number of halogens is 2. The fraction of sp³-hybridized carbons (Fsp3) is 0.250. The third-order valence-corrected chi connectivity index (χ3v) is 3.70. The topological polar surface area (TPSA) is 21.3 Å². The maximum absolute atomic E-state index is 6.17. The molecule has 2 aromatic carbocycles. The summed E-state index contributed by atoms with van der Waals surface area (Å²) in [4.78, 5) is 0. The molecule has 2 aromatic rings. The molecule has 0 unspecified atom stereocenters. The Morgan fingerprint density at radius 1 is 1.15 bits per heavy atom. The predicted molar refractivity (Wildman–Crippen MR) is 87.8 cm³/mol. The molecule has 2 nitrogen and oxygen atoms in total. The molecule has 2 rings (SSSR count). The number of hydrogen-bond acceptors (Lipinski definition) is 2. The summed E-state index contributed by atoms with van der Waals surface area (Å²) >= 11 is 9.60. The molecular formula is C16H17BrClNO. The van der Waals surface area contributed by atoms with Gasteiger partial charge >= 0.3 is 0 Å². The summed E-state index contributed by atoms with van der Waals surface area (Å²) in [5.41, 5.74) is 2.34. The van der Waals surface area contributed by atoms with Crippen molar-refractivity contribution < 1.29 is 4.74 Å². The summed E-state index contributed by atoms with van der Waals surface area (Å²) in [5, 5.41) is 3.92. The zero-order valence-electron chi connectivity index (χ0n) is 11.5. The zero-order valence-corrected chi connectivity index (χ0v) is 13.9. The molecule has 0 bridgehead atoms. The minimum Gasteiger partial charge on any atom is -0.455 e. The quantitative estimate of drug-likeness (QED) is 0.785. The lowest BCUT2D eigenvalue weighted by atomic mass is 10.1. The standard InChI is InChI=1S/C16H17BrClNO/c1-3-19-10-12-8-11(2)4-7-15(12)20-16-9-13(17)5-6-14(16)18/h4-9,19H,3,10H2,1-2H3. The van der Waals surface area contributed by atoms with Crippen LogP contribution in [0.2, 0.25) is 5.02 Å². The Bertz CT molecular complexity index is 601. The van der Waals surface area contributed by atoms with Crippen LogP contribution >= 0.6 is 27.5 Å². The van der Waals surface area contributed by atoms with Gasteiger partial charge in [0.2, 0.25) is 0 Å². The number of nitrogens with one attached hydrogen (secondary N) is 1. The molecule has 0 amide bonds. The van der Waals surface area contributed by atoms with E-state index in [0.717, 1.165) is 28.9 Å². The average Bonchev–Trinajstić information content (AvgIpc) is 2.43. The highest BCUT2D eigenvalue weighted by Gasteiger charge is 2.08. The summed E-state index contributed by atoms with van der Waals surface area (Å²) < 4.78 is 6.91. The van der Waals surface area contributed by atoms with Crippen LogP contribution in [0.25, 0.3) is 0 Å². The third-order valence-electron chi connectivity index (χ3n) is 2.89. The van der Waals surface area contributed by atoms with Gasteiger partial charge in [0, 0.05) is 16.6 Å². The second-order valence-corrected chi connectivity index (χ2v) is 5.89. The number of rotatable bonds is 5. The largest absolute Gasteiger partial charge is 0.455 e. The van der Waals surface area contributed by atoms with Gasteiger partial charge in [0.1, 0.15) is 11.5 Å². The maximum Gasteiger partial charge on any atom is 0.147 e. The van der Waals surface area contributed by atoms with Crippen LogP contribution in [0.3, 0.4) is 0 Å². The first-order valence-corrected chi connectivity index (χ1v) is 7.70. The fourth-order valence-corrected chi connectivity index (χ4v) is 2.38. The Hall–Kier alpha value is -1.03. The predicted octanol–water partition coefficient (Wildman–Crippen LogP) is 5.31. The van der Waals surface area contributed by atoms with Gasteiger partial charge in [-0.25, -0.2) is 0 Å². The molecule has 0 aliphatic heterocycles. The van der Waals surface area contributed by atoms with Gasteiger partial charge in [-0.05, 0) is 37.7 Å². The molecule has 0 aliphatic carbocycles. The van der Waals surface area contributed by atoms with Crippen LogP contribution in [0, 0.1) is 6.92 Å². The van der Waals surface area contributed by atoms with Crippen LogP contribution in [0.4, 0.5) is 0 Å². The second-order valence-electron chi connectivity index (χ2n) is 4.57. The van der Waals surface area contributed by atoms with Crippen LogP contribution in [0.5, 0.6) is 11.5 Å². The van der Waals surface area contributed by atoms with Crippen molar-refractivity contribution in [3.05, 3.63) is 57.0 Å². The first kappa shape index (κ1) is 15.4. The van der Waals surface area contributed by atoms with Crippen molar-refractivity contribution in [3.63, 3.8) is 0 Å². The van der Waals surface area contributed by atoms with E-state index in [-0.39, 0.29) is 0 Å². The van der Waals surface area contributed by atoms with E-state index >= 15 is 0 Å². The summed E-state index contributed by atoms with van der Waals surface area (Å²) in [6, 6.07) is 11.7. The van der Waals surface area contributed by atoms with Crippen molar-refractivity contribution in [3.8, 4) is 11.5 Å². The van der Waals surface area contributed by atoms with E-state index in [0.29, 0.717) is 10.8 Å². The zero-order chi connectivity index (χ0) is 14.5. The van der Waals surface area contributed by atoms with Gasteiger partial charge in [-0.3, -0.25) is 0 Å². The minimum atomic E-state index is 0.600. The highest BCUT2D eigenvalue weighted by molar-refractivity contribution is 9.10. The van der Waals surface area contributed by atoms with E-state index < -0.39 is 0 Å². The molecule has 0 spiro atoms. The Balaban J connectivity index is 2.30. The first-order chi connectivity index (χ1) is 9.60. The summed E-state index contributed by atoms with van der Waals surface area (Å²) in [7, 11) is 0. The summed E-state index contributed by atoms with van der Waals surface area (Å²) in [5.74, 6) is 1.49. The number of benzene rings is 2. The van der Waals surface area contributed by atoms with Crippen LogP contribution in [-0.4, -0.2) is 6.54 Å². The van der Waals surface area contributed by atoms with Gasteiger partial charge in [0.05, 0.1) is 5.02 Å². The van der Waals surface area contributed by atoms with Gasteiger partial charge in [-0.1, -0.05) is 52.2 Å². The van der Waals surface area contributed by atoms with Crippen LogP contribution in [-0.2, 0) is 6.54 Å². The highest BCUT2D eigenvalue weighted by Crippen LogP contribution is 2.33. The lowest BCUT2D eigenvalue weighted by Crippen LogP contribution is -2.12. The minimum absolute atomic E-state index is 0.600. The fourth-order valence-electron chi connectivity index (χ4n) is 1.88. The van der Waals surface area contributed by atoms with Crippen molar-refractivity contribution in [2.75, 3.05) is 6.54 Å². The third kappa shape index (κ3) is 3.98. The lowest BCUT2D eigenvalue weighted by molar-refractivity contribution is 0.473. The molecule has 0 saturated heterocycles. The van der Waals surface area contributed by atoms with Crippen LogP contribution < -0.4 is 10.1 Å². The molecule has 106 valence electrons. The molecule has 0 saturated carbocycles. The smallest absolute Gasteiger partial charge is 0.147 e. The molecule has 0 aromatic heterocycles. The average molecular weight is 355 g/mol. The molecular weight excluding hydrogens is 338 g/mol. The summed E-state index contributed by atoms with van der Waals surface area (Å²) in [6.45, 7) is 5.86. The van der Waals surface area contributed by atoms with Gasteiger partial charge in [0.25, 0.3) is 0 Å². The Morgan fingerprint density at radius 3 is 2.70 bits per heavy atom. The molecule has 1 N–H and O–H groups in total. The van der Waals surface area contributed by atoms with Gasteiger partial charge in [-0.2, -0.15) is 0 Å². The van der Waals surface area contributed by atoms with E-state index in [1.165, 1.54) is 5.56 Å². The van der Waals surface area contributed by atoms with E-state index in [1.54, 1.807) is 0 Å². The Labute approximate surface area is 133 Å². The van der Waals surface area contributed by atoms with E-state index in [4.69, 9.17) is 16.3 Å². The van der Waals surface area contributed by atoms with Crippen LogP contribution in [0.15, 0.2) is 40.9 Å². The normalized spacial score (nSPS) is 10.6. The van der Waals surface area contributed by atoms with Gasteiger partial charge in [-0.15, -0.1) is 0 Å². The van der Waals surface area contributed by atoms with E-state index in [1.807, 2.05) is 30.3 Å². The summed E-state index contributed by atoms with van der Waals surface area (Å²) in [6.07, 6.45) is 0. The Kier molecular flexibility index (Phi) is 5.46. The first-order valence-electron chi connectivity index (χ1n) is 6.53. The maximum atomic E-state index is 6.17. The van der Waals surface area contributed by atoms with Crippen molar-refractivity contribution in [2.45, 2.75) is 20.4 Å². The molecule has 0 radical (unpaired) electrons. The molecule has 4 heteroatoms. The second kappa shape index (κ2) is 7.11.